The van der Waals surface area contributed by atoms with Crippen LogP contribution in [0.25, 0.3) is 0 Å². The van der Waals surface area contributed by atoms with Crippen molar-refractivity contribution in [3.63, 3.8) is 0 Å². The molecule has 0 N–H and O–H groups in total. The lowest BCUT2D eigenvalue weighted by Crippen LogP contribution is -2.06. The topological polar surface area (TPSA) is 9.23 Å². The summed E-state index contributed by atoms with van der Waals surface area (Å²) in [6, 6.07) is 25.3. The Hall–Kier alpha value is -2.18. The molecule has 3 heteroatoms. The number of ether oxygens (including phenoxy) is 1. The van der Waals surface area contributed by atoms with E-state index >= 15 is 0 Å². The van der Waals surface area contributed by atoms with E-state index < -0.39 is 0 Å². The first-order chi connectivity index (χ1) is 12.3. The van der Waals surface area contributed by atoms with Gasteiger partial charge < -0.3 is 4.74 Å². The van der Waals surface area contributed by atoms with Crippen molar-refractivity contribution >= 4 is 13.9 Å². The third-order valence-corrected chi connectivity index (χ3v) is 5.93. The quantitative estimate of drug-likeness (QED) is 0.484. The van der Waals surface area contributed by atoms with Gasteiger partial charge in [0.15, 0.2) is 0 Å². The lowest BCUT2D eigenvalue weighted by Gasteiger charge is -2.20. The highest BCUT2D eigenvalue weighted by Gasteiger charge is 2.16. The van der Waals surface area contributed by atoms with Crippen LogP contribution in [0.3, 0.4) is 0 Å². The van der Waals surface area contributed by atoms with Gasteiger partial charge in [-0.25, -0.2) is 4.39 Å². The van der Waals surface area contributed by atoms with Gasteiger partial charge in [-0.15, -0.1) is 0 Å². The van der Waals surface area contributed by atoms with E-state index in [2.05, 4.69) is 25.1 Å². The summed E-state index contributed by atoms with van der Waals surface area (Å²) in [6.07, 6.45) is 0.943. The van der Waals surface area contributed by atoms with Crippen molar-refractivity contribution in [2.24, 2.45) is 0 Å². The van der Waals surface area contributed by atoms with Gasteiger partial charge in [-0.1, -0.05) is 82.2 Å². The highest BCUT2D eigenvalue weighted by molar-refractivity contribution is 7.47. The Morgan fingerprint density at radius 2 is 1.56 bits per heavy atom. The monoisotopic (exact) mass is 352 g/mol. The number of halogens is 1. The number of benzene rings is 3. The summed E-state index contributed by atoms with van der Waals surface area (Å²) in [6.45, 7) is 2.68. The molecule has 0 aliphatic heterocycles. The fourth-order valence-corrected chi connectivity index (χ4v) is 4.19. The van der Waals surface area contributed by atoms with Gasteiger partial charge in [-0.05, 0) is 24.1 Å². The summed E-state index contributed by atoms with van der Waals surface area (Å²) < 4.78 is 20.1. The van der Waals surface area contributed by atoms with Crippen LogP contribution in [0.5, 0.6) is 5.75 Å². The van der Waals surface area contributed by atoms with Crippen LogP contribution >= 0.6 is 8.58 Å². The van der Waals surface area contributed by atoms with Crippen LogP contribution in [0.1, 0.15) is 30.1 Å². The van der Waals surface area contributed by atoms with Crippen LogP contribution in [0.4, 0.5) is 4.39 Å². The predicted molar refractivity (Wildman–Crippen MR) is 105 cm³/mol. The molecule has 1 nitrogen and oxygen atoms in total. The Morgan fingerprint density at radius 3 is 2.32 bits per heavy atom. The summed E-state index contributed by atoms with van der Waals surface area (Å²) in [5.74, 6) is 0.768. The first kappa shape index (κ1) is 17.6. The molecule has 0 amide bonds. The number of hydrogen-bond donors (Lipinski definition) is 0. The summed E-state index contributed by atoms with van der Waals surface area (Å²) in [5, 5.41) is 0.784. The Kier molecular flexibility index (Phi) is 6.19. The van der Waals surface area contributed by atoms with Gasteiger partial charge in [-0.2, -0.15) is 0 Å². The zero-order valence-corrected chi connectivity index (χ0v) is 15.3. The largest absolute Gasteiger partial charge is 0.489 e. The highest BCUT2D eigenvalue weighted by Crippen LogP contribution is 2.41. The second-order valence-electron chi connectivity index (χ2n) is 5.90. The molecule has 0 saturated heterocycles. The van der Waals surface area contributed by atoms with E-state index in [0.29, 0.717) is 15.2 Å². The van der Waals surface area contributed by atoms with Crippen LogP contribution in [-0.2, 0) is 6.61 Å². The van der Waals surface area contributed by atoms with E-state index in [1.54, 1.807) is 6.07 Å². The summed E-state index contributed by atoms with van der Waals surface area (Å²) in [4.78, 5) is 0. The van der Waals surface area contributed by atoms with Crippen LogP contribution in [0, 0.1) is 5.82 Å². The Balaban J connectivity index is 1.79. The van der Waals surface area contributed by atoms with Gasteiger partial charge in [0.05, 0.1) is 0 Å². The van der Waals surface area contributed by atoms with Gasteiger partial charge in [-0.3, -0.25) is 0 Å². The number of hydrogen-bond acceptors (Lipinski definition) is 1. The van der Waals surface area contributed by atoms with E-state index in [0.717, 1.165) is 28.6 Å². The minimum Gasteiger partial charge on any atom is -0.489 e. The van der Waals surface area contributed by atoms with Crippen LogP contribution in [0.15, 0.2) is 78.9 Å². The smallest absolute Gasteiger partial charge is 0.130 e. The van der Waals surface area contributed by atoms with Crippen molar-refractivity contribution in [1.82, 2.24) is 0 Å². The van der Waals surface area contributed by atoms with Crippen molar-refractivity contribution < 1.29 is 9.13 Å². The van der Waals surface area contributed by atoms with E-state index in [9.17, 15) is 4.39 Å². The Labute approximate surface area is 150 Å². The molecule has 0 fully saturated rings. The Bertz CT molecular complexity index is 804. The van der Waals surface area contributed by atoms with Gasteiger partial charge in [0.2, 0.25) is 0 Å². The maximum absolute atomic E-state index is 14.0. The molecule has 3 rings (SSSR count). The van der Waals surface area contributed by atoms with Crippen molar-refractivity contribution in [2.75, 3.05) is 0 Å². The van der Waals surface area contributed by atoms with Gasteiger partial charge >= 0.3 is 0 Å². The summed E-state index contributed by atoms with van der Waals surface area (Å²) in [5.41, 5.74) is 2.55. The minimum atomic E-state index is -0.123. The molecular formula is C22H22FOP. The second kappa shape index (κ2) is 8.78. The van der Waals surface area contributed by atoms with E-state index in [1.807, 2.05) is 48.5 Å². The summed E-state index contributed by atoms with van der Waals surface area (Å²) >= 11 is 0. The molecule has 128 valence electrons. The third-order valence-electron chi connectivity index (χ3n) is 4.14. The molecule has 2 atom stereocenters. The number of rotatable bonds is 7. The van der Waals surface area contributed by atoms with E-state index in [1.165, 1.54) is 6.07 Å². The van der Waals surface area contributed by atoms with Gasteiger partial charge in [0.25, 0.3) is 0 Å². The van der Waals surface area contributed by atoms with Crippen molar-refractivity contribution in [3.8, 4) is 5.75 Å². The predicted octanol–water partition coefficient (Wildman–Crippen LogP) is 5.86. The van der Waals surface area contributed by atoms with Crippen LogP contribution in [0.2, 0.25) is 0 Å². The molecule has 0 aliphatic carbocycles. The average molecular weight is 352 g/mol. The van der Waals surface area contributed by atoms with E-state index in [-0.39, 0.29) is 11.5 Å². The first-order valence-electron chi connectivity index (χ1n) is 8.54. The lowest BCUT2D eigenvalue weighted by atomic mass is 10.1. The van der Waals surface area contributed by atoms with Gasteiger partial charge in [0.1, 0.15) is 18.2 Å². The molecule has 0 spiro atoms. The molecule has 0 radical (unpaired) electrons. The van der Waals surface area contributed by atoms with Crippen molar-refractivity contribution in [3.05, 3.63) is 95.8 Å². The molecule has 3 aromatic carbocycles. The zero-order valence-electron chi connectivity index (χ0n) is 14.3. The average Bonchev–Trinajstić information content (AvgIpc) is 2.67. The molecule has 0 aromatic heterocycles. The molecule has 3 aromatic rings. The maximum Gasteiger partial charge on any atom is 0.130 e. The molecular weight excluding hydrogens is 330 g/mol. The zero-order chi connectivity index (χ0) is 17.5. The molecule has 0 heterocycles. The first-order valence-corrected chi connectivity index (χ1v) is 9.62. The van der Waals surface area contributed by atoms with Gasteiger partial charge in [0, 0.05) is 16.5 Å². The maximum atomic E-state index is 14.0. The lowest BCUT2D eigenvalue weighted by molar-refractivity contribution is 0.302. The molecule has 0 bridgehead atoms. The molecule has 0 saturated carbocycles. The Morgan fingerprint density at radius 1 is 0.880 bits per heavy atom. The second-order valence-corrected chi connectivity index (χ2v) is 7.42. The molecule has 25 heavy (non-hydrogen) atoms. The van der Waals surface area contributed by atoms with Crippen molar-refractivity contribution in [1.29, 1.82) is 0 Å². The van der Waals surface area contributed by atoms with E-state index in [4.69, 9.17) is 4.74 Å². The fraction of sp³-hybridized carbons (Fsp3) is 0.182. The fourth-order valence-electron chi connectivity index (χ4n) is 2.80. The minimum absolute atomic E-state index is 0.123. The molecule has 0 aliphatic rings. The van der Waals surface area contributed by atoms with Crippen LogP contribution in [-0.4, -0.2) is 0 Å². The third kappa shape index (κ3) is 4.67. The normalized spacial score (nSPS) is 12.4. The summed E-state index contributed by atoms with van der Waals surface area (Å²) in [7, 11) is 0.384. The highest BCUT2D eigenvalue weighted by atomic mass is 31.1. The standard InChI is InChI=1S/C22H22FOP/c1-2-21(25-22-15-9-7-13-19(22)23)18-12-6-8-14-20(18)24-16-17-10-4-3-5-11-17/h3-15,21,25H,2,16H2,1H3. The van der Waals surface area contributed by atoms with Crippen molar-refractivity contribution in [2.45, 2.75) is 25.6 Å². The van der Waals surface area contributed by atoms with Crippen LogP contribution < -0.4 is 10.0 Å². The number of para-hydroxylation sites is 1. The SMILES string of the molecule is CCC(Pc1ccccc1F)c1ccccc1OCc1ccccc1. The molecule has 2 unspecified atom stereocenters.